The molecule has 0 amide bonds. The van der Waals surface area contributed by atoms with Gasteiger partial charge in [-0.3, -0.25) is 0 Å². The number of halogens is 2. The number of ether oxygens (including phenoxy) is 1. The maximum absolute atomic E-state index is 14.0. The number of nitrogens with zero attached hydrogens (tertiary/aromatic N) is 4. The van der Waals surface area contributed by atoms with Crippen LogP contribution in [-0.4, -0.2) is 14.5 Å². The SMILES string of the molecule is CC(C#N)=C1c2ccc(Cn3c(C4CCC4)nc4c(Cl)nccc43)cc2COc2cc(F)ccc21. The van der Waals surface area contributed by atoms with Crippen molar-refractivity contribution in [3.8, 4) is 11.8 Å². The summed E-state index contributed by atoms with van der Waals surface area (Å²) in [6.45, 7) is 2.71. The van der Waals surface area contributed by atoms with E-state index in [1.807, 2.05) is 12.1 Å². The van der Waals surface area contributed by atoms with Crippen LogP contribution in [0.1, 0.15) is 60.2 Å². The number of rotatable bonds is 3. The van der Waals surface area contributed by atoms with Crippen LogP contribution < -0.4 is 4.74 Å². The number of hydrogen-bond acceptors (Lipinski definition) is 4. The van der Waals surface area contributed by atoms with Crippen LogP contribution in [0.3, 0.4) is 0 Å². The van der Waals surface area contributed by atoms with Crippen molar-refractivity contribution in [2.45, 2.75) is 45.3 Å². The second-order valence-electron chi connectivity index (χ2n) is 9.19. The van der Waals surface area contributed by atoms with E-state index in [1.165, 1.54) is 18.6 Å². The van der Waals surface area contributed by atoms with Crippen LogP contribution in [0, 0.1) is 17.1 Å². The zero-order chi connectivity index (χ0) is 24.1. The normalized spacial score (nSPS) is 16.5. The molecule has 0 atom stereocenters. The Morgan fingerprint density at radius 2 is 2.03 bits per heavy atom. The van der Waals surface area contributed by atoms with E-state index in [0.29, 0.717) is 28.9 Å². The average Bonchev–Trinajstić information content (AvgIpc) is 3.08. The third-order valence-electron chi connectivity index (χ3n) is 7.04. The Bertz CT molecular complexity index is 1560. The van der Waals surface area contributed by atoms with Gasteiger partial charge in [0.1, 0.15) is 29.5 Å². The predicted molar refractivity (Wildman–Crippen MR) is 133 cm³/mol. The first-order valence-corrected chi connectivity index (χ1v) is 12.1. The van der Waals surface area contributed by atoms with Crippen LogP contribution in [0.25, 0.3) is 16.6 Å². The molecule has 6 rings (SSSR count). The van der Waals surface area contributed by atoms with Crippen molar-refractivity contribution in [2.24, 2.45) is 0 Å². The molecule has 1 saturated carbocycles. The van der Waals surface area contributed by atoms with E-state index in [-0.39, 0.29) is 12.4 Å². The molecule has 5 nitrogen and oxygen atoms in total. The van der Waals surface area contributed by atoms with Gasteiger partial charge in [0.25, 0.3) is 0 Å². The molecule has 1 aliphatic heterocycles. The molecule has 0 unspecified atom stereocenters. The van der Waals surface area contributed by atoms with Crippen molar-refractivity contribution in [1.29, 1.82) is 5.26 Å². The molecule has 7 heteroatoms. The largest absolute Gasteiger partial charge is 0.488 e. The minimum absolute atomic E-state index is 0.289. The lowest BCUT2D eigenvalue weighted by Gasteiger charge is -2.26. The first-order valence-electron chi connectivity index (χ1n) is 11.7. The topological polar surface area (TPSA) is 63.7 Å². The summed E-state index contributed by atoms with van der Waals surface area (Å²) in [6, 6.07) is 14.9. The Hall–Kier alpha value is -3.69. The van der Waals surface area contributed by atoms with Crippen molar-refractivity contribution >= 4 is 28.2 Å². The molecule has 0 N–H and O–H groups in total. The third-order valence-corrected chi connectivity index (χ3v) is 7.32. The summed E-state index contributed by atoms with van der Waals surface area (Å²) in [5, 5.41) is 10.1. The summed E-state index contributed by atoms with van der Waals surface area (Å²) in [4.78, 5) is 9.09. The van der Waals surface area contributed by atoms with Crippen LogP contribution in [0.2, 0.25) is 5.15 Å². The van der Waals surface area contributed by atoms with E-state index in [4.69, 9.17) is 21.3 Å². The summed E-state index contributed by atoms with van der Waals surface area (Å²) >= 11 is 6.38. The number of hydrogen-bond donors (Lipinski definition) is 0. The van der Waals surface area contributed by atoms with E-state index in [9.17, 15) is 9.65 Å². The maximum Gasteiger partial charge on any atom is 0.156 e. The van der Waals surface area contributed by atoms with Crippen molar-refractivity contribution in [2.75, 3.05) is 0 Å². The molecular formula is C28H22ClFN4O. The predicted octanol–water partition coefficient (Wildman–Crippen LogP) is 6.78. The number of pyridine rings is 1. The molecule has 2 aliphatic rings. The van der Waals surface area contributed by atoms with Crippen molar-refractivity contribution in [3.63, 3.8) is 0 Å². The standard InChI is InChI=1S/C28H22ClFN4O/c1-16(13-31)25-21-7-5-17(11-19(21)15-35-24-12-20(30)6-8-22(24)25)14-34-23-9-10-32-27(29)26(23)33-28(34)18-3-2-4-18/h5-12,18H,2-4,14-15H2,1H3. The Morgan fingerprint density at radius 1 is 1.20 bits per heavy atom. The van der Waals surface area contributed by atoms with Crippen LogP contribution in [0.15, 0.2) is 54.2 Å². The smallest absolute Gasteiger partial charge is 0.156 e. The molecule has 1 aliphatic carbocycles. The molecule has 2 aromatic carbocycles. The van der Waals surface area contributed by atoms with Gasteiger partial charge in [0.15, 0.2) is 5.15 Å². The molecule has 4 aromatic rings. The molecule has 0 spiro atoms. The zero-order valence-electron chi connectivity index (χ0n) is 19.2. The van der Waals surface area contributed by atoms with Gasteiger partial charge in [-0.25, -0.2) is 14.4 Å². The summed E-state index contributed by atoms with van der Waals surface area (Å²) in [5.74, 6) is 1.56. The number of imidazole rings is 1. The summed E-state index contributed by atoms with van der Waals surface area (Å²) in [7, 11) is 0. The fraction of sp³-hybridized carbons (Fsp3) is 0.250. The highest BCUT2D eigenvalue weighted by molar-refractivity contribution is 6.33. The number of fused-ring (bicyclic) bond motifs is 3. The summed E-state index contributed by atoms with van der Waals surface area (Å²) in [6.07, 6.45) is 5.19. The van der Waals surface area contributed by atoms with E-state index >= 15 is 0 Å². The van der Waals surface area contributed by atoms with Gasteiger partial charge < -0.3 is 9.30 Å². The molecule has 0 radical (unpaired) electrons. The lowest BCUT2D eigenvalue weighted by Crippen LogP contribution is -2.16. The first-order chi connectivity index (χ1) is 17.0. The highest BCUT2D eigenvalue weighted by Gasteiger charge is 2.27. The fourth-order valence-corrected chi connectivity index (χ4v) is 5.25. The van der Waals surface area contributed by atoms with Gasteiger partial charge >= 0.3 is 0 Å². The molecule has 0 bridgehead atoms. The van der Waals surface area contributed by atoms with Gasteiger partial charge in [-0.1, -0.05) is 30.2 Å². The van der Waals surface area contributed by atoms with Gasteiger partial charge in [-0.05, 0) is 60.7 Å². The highest BCUT2D eigenvalue weighted by atomic mass is 35.5. The minimum atomic E-state index is -0.368. The quantitative estimate of drug-likeness (QED) is 0.237. The molecular weight excluding hydrogens is 463 g/mol. The Kier molecular flexibility index (Phi) is 5.31. The van der Waals surface area contributed by atoms with Gasteiger partial charge in [0, 0.05) is 41.4 Å². The molecule has 174 valence electrons. The second-order valence-corrected chi connectivity index (χ2v) is 9.54. The highest BCUT2D eigenvalue weighted by Crippen LogP contribution is 2.40. The average molecular weight is 485 g/mol. The Morgan fingerprint density at radius 3 is 2.80 bits per heavy atom. The fourth-order valence-electron chi connectivity index (χ4n) is 5.06. The summed E-state index contributed by atoms with van der Waals surface area (Å²) < 4.78 is 22.2. The monoisotopic (exact) mass is 484 g/mol. The van der Waals surface area contributed by atoms with E-state index in [2.05, 4.69) is 27.8 Å². The van der Waals surface area contributed by atoms with Crippen molar-refractivity contribution in [3.05, 3.63) is 93.3 Å². The molecule has 3 heterocycles. The van der Waals surface area contributed by atoms with Gasteiger partial charge in [0.2, 0.25) is 0 Å². The molecule has 2 aromatic heterocycles. The number of allylic oxidation sites excluding steroid dienone is 1. The molecule has 0 saturated heterocycles. The van der Waals surface area contributed by atoms with Gasteiger partial charge in [-0.15, -0.1) is 0 Å². The van der Waals surface area contributed by atoms with E-state index in [1.54, 1.807) is 19.2 Å². The number of benzene rings is 2. The second kappa shape index (κ2) is 8.51. The Balaban J connectivity index is 1.45. The van der Waals surface area contributed by atoms with Crippen LogP contribution in [-0.2, 0) is 13.2 Å². The first kappa shape index (κ1) is 21.8. The summed E-state index contributed by atoms with van der Waals surface area (Å²) in [5.41, 5.74) is 6.76. The lowest BCUT2D eigenvalue weighted by molar-refractivity contribution is 0.305. The molecule has 1 fully saturated rings. The van der Waals surface area contributed by atoms with Crippen molar-refractivity contribution in [1.82, 2.24) is 14.5 Å². The lowest BCUT2D eigenvalue weighted by atomic mass is 9.84. The van der Waals surface area contributed by atoms with E-state index in [0.717, 1.165) is 57.5 Å². The third kappa shape index (κ3) is 3.67. The van der Waals surface area contributed by atoms with Crippen molar-refractivity contribution < 1.29 is 9.13 Å². The van der Waals surface area contributed by atoms with Crippen LogP contribution in [0.4, 0.5) is 4.39 Å². The van der Waals surface area contributed by atoms with E-state index < -0.39 is 0 Å². The zero-order valence-corrected chi connectivity index (χ0v) is 19.9. The Labute approximate surface area is 207 Å². The van der Waals surface area contributed by atoms with Crippen LogP contribution >= 0.6 is 11.6 Å². The van der Waals surface area contributed by atoms with Crippen LogP contribution in [0.5, 0.6) is 5.75 Å². The minimum Gasteiger partial charge on any atom is -0.488 e. The number of nitriles is 1. The maximum atomic E-state index is 14.0. The van der Waals surface area contributed by atoms with Gasteiger partial charge in [-0.2, -0.15) is 5.26 Å². The molecule has 35 heavy (non-hydrogen) atoms. The van der Waals surface area contributed by atoms with Gasteiger partial charge in [0.05, 0.1) is 11.6 Å². The number of aromatic nitrogens is 3.